The molecular weight excluding hydrogens is 404 g/mol. The van der Waals surface area contributed by atoms with Gasteiger partial charge in [-0.2, -0.15) is 5.10 Å². The second kappa shape index (κ2) is 7.60. The molecule has 4 aromatic rings. The van der Waals surface area contributed by atoms with Crippen molar-refractivity contribution in [3.63, 3.8) is 0 Å². The number of carbonyl (C=O) groups is 1. The van der Waals surface area contributed by atoms with E-state index >= 15 is 0 Å². The van der Waals surface area contributed by atoms with Gasteiger partial charge < -0.3 is 10.1 Å². The largest absolute Gasteiger partial charge is 0.466 e. The number of amides is 1. The van der Waals surface area contributed by atoms with E-state index in [9.17, 15) is 13.6 Å². The van der Waals surface area contributed by atoms with Crippen molar-refractivity contribution in [3.05, 3.63) is 83.8 Å². The average molecular weight is 419 g/mol. The van der Waals surface area contributed by atoms with Gasteiger partial charge in [-0.3, -0.25) is 4.79 Å². The molecule has 0 saturated carbocycles. The number of benzene rings is 2. The van der Waals surface area contributed by atoms with Crippen molar-refractivity contribution >= 4 is 11.6 Å². The molecular formula is C22H15F2N5O2. The third-order valence-electron chi connectivity index (χ3n) is 4.74. The molecule has 0 radical (unpaired) electrons. The summed E-state index contributed by atoms with van der Waals surface area (Å²) in [5, 5.41) is 7.26. The van der Waals surface area contributed by atoms with Crippen molar-refractivity contribution in [2.75, 3.05) is 11.9 Å². The smallest absolute Gasteiger partial charge is 0.262 e. The molecule has 0 bridgehead atoms. The lowest BCUT2D eigenvalue weighted by Gasteiger charge is -2.17. The molecule has 3 heterocycles. The fourth-order valence-corrected chi connectivity index (χ4v) is 3.30. The van der Waals surface area contributed by atoms with E-state index < -0.39 is 11.6 Å². The predicted molar refractivity (Wildman–Crippen MR) is 108 cm³/mol. The Morgan fingerprint density at radius 3 is 2.74 bits per heavy atom. The lowest BCUT2D eigenvalue weighted by atomic mass is 10.1. The highest BCUT2D eigenvalue weighted by atomic mass is 19.1. The van der Waals surface area contributed by atoms with Gasteiger partial charge in [0.2, 0.25) is 5.88 Å². The molecule has 0 saturated heterocycles. The van der Waals surface area contributed by atoms with E-state index in [4.69, 9.17) is 4.74 Å². The number of hydrogen-bond acceptors (Lipinski definition) is 5. The summed E-state index contributed by atoms with van der Waals surface area (Å²) in [6.45, 7) is -0.0904. The monoisotopic (exact) mass is 419 g/mol. The van der Waals surface area contributed by atoms with Crippen LogP contribution in [0, 0.1) is 11.6 Å². The molecule has 0 aliphatic carbocycles. The minimum atomic E-state index is -0.659. The zero-order chi connectivity index (χ0) is 21.4. The van der Waals surface area contributed by atoms with Crippen LogP contribution in [0.1, 0.15) is 11.4 Å². The molecule has 0 unspecified atom stereocenters. The van der Waals surface area contributed by atoms with Gasteiger partial charge in [0.05, 0.1) is 5.69 Å². The Labute approximate surface area is 175 Å². The molecule has 1 amide bonds. The first-order valence-electron chi connectivity index (χ1n) is 9.45. The maximum atomic E-state index is 14.1. The van der Waals surface area contributed by atoms with Gasteiger partial charge in [-0.05, 0) is 29.8 Å². The SMILES string of the molecule is O=C1COc2ncc(-c3nc(Cc4ccc(F)cc4F)nn3-c3ccccc3)cc2N1. The molecule has 0 fully saturated rings. The lowest BCUT2D eigenvalue weighted by molar-refractivity contribution is -0.118. The predicted octanol–water partition coefficient (Wildman–Crippen LogP) is 3.53. The molecule has 0 atom stereocenters. The van der Waals surface area contributed by atoms with Gasteiger partial charge in [-0.1, -0.05) is 24.3 Å². The summed E-state index contributed by atoms with van der Waals surface area (Å²) in [4.78, 5) is 20.5. The van der Waals surface area contributed by atoms with Crippen LogP contribution in [0.15, 0.2) is 60.8 Å². The topological polar surface area (TPSA) is 81.9 Å². The second-order valence-electron chi connectivity index (χ2n) is 6.93. The van der Waals surface area contributed by atoms with E-state index in [2.05, 4.69) is 20.4 Å². The van der Waals surface area contributed by atoms with Crippen molar-refractivity contribution in [1.29, 1.82) is 0 Å². The van der Waals surface area contributed by atoms with Crippen LogP contribution >= 0.6 is 0 Å². The number of ether oxygens (including phenoxy) is 1. The summed E-state index contributed by atoms with van der Waals surface area (Å²) in [7, 11) is 0. The highest BCUT2D eigenvalue weighted by Gasteiger charge is 2.21. The number of pyridine rings is 1. The van der Waals surface area contributed by atoms with Crippen LogP contribution in [0.4, 0.5) is 14.5 Å². The van der Waals surface area contributed by atoms with E-state index in [1.165, 1.54) is 12.1 Å². The molecule has 9 heteroatoms. The van der Waals surface area contributed by atoms with Gasteiger partial charge in [0, 0.05) is 24.2 Å². The van der Waals surface area contributed by atoms with Crippen LogP contribution in [-0.4, -0.2) is 32.3 Å². The molecule has 154 valence electrons. The molecule has 1 aliphatic heterocycles. The lowest BCUT2D eigenvalue weighted by Crippen LogP contribution is -2.26. The molecule has 1 aliphatic rings. The number of para-hydroxylation sites is 1. The van der Waals surface area contributed by atoms with Crippen LogP contribution in [0.5, 0.6) is 5.88 Å². The first-order chi connectivity index (χ1) is 15.1. The molecule has 31 heavy (non-hydrogen) atoms. The van der Waals surface area contributed by atoms with Crippen LogP contribution in [0.3, 0.4) is 0 Å². The summed E-state index contributed by atoms with van der Waals surface area (Å²) in [6, 6.07) is 14.4. The average Bonchev–Trinajstić information content (AvgIpc) is 3.20. The maximum absolute atomic E-state index is 14.1. The Balaban J connectivity index is 1.59. The van der Waals surface area contributed by atoms with Crippen LogP contribution in [-0.2, 0) is 11.2 Å². The maximum Gasteiger partial charge on any atom is 0.262 e. The number of hydrogen-bond donors (Lipinski definition) is 1. The third kappa shape index (κ3) is 3.73. The summed E-state index contributed by atoms with van der Waals surface area (Å²) < 4.78 is 34.3. The second-order valence-corrected chi connectivity index (χ2v) is 6.93. The van der Waals surface area contributed by atoms with Crippen molar-refractivity contribution < 1.29 is 18.3 Å². The number of halogens is 2. The summed E-state index contributed by atoms with van der Waals surface area (Å²) in [6.07, 6.45) is 1.65. The molecule has 2 aromatic heterocycles. The Hall–Kier alpha value is -4.14. The zero-order valence-corrected chi connectivity index (χ0v) is 16.0. The van der Waals surface area contributed by atoms with E-state index in [1.807, 2.05) is 30.3 Å². The number of nitrogens with zero attached hydrogens (tertiary/aromatic N) is 4. The van der Waals surface area contributed by atoms with Crippen LogP contribution < -0.4 is 10.1 Å². The molecule has 2 aromatic carbocycles. The summed E-state index contributed by atoms with van der Waals surface area (Å²) in [5.74, 6) is -0.450. The quantitative estimate of drug-likeness (QED) is 0.547. The Morgan fingerprint density at radius 1 is 1.10 bits per heavy atom. The van der Waals surface area contributed by atoms with Gasteiger partial charge in [0.1, 0.15) is 17.3 Å². The zero-order valence-electron chi connectivity index (χ0n) is 16.0. The molecule has 7 nitrogen and oxygen atoms in total. The fourth-order valence-electron chi connectivity index (χ4n) is 3.30. The first kappa shape index (κ1) is 18.9. The fraction of sp³-hybridized carbons (Fsp3) is 0.0909. The van der Waals surface area contributed by atoms with E-state index in [1.54, 1.807) is 16.9 Å². The van der Waals surface area contributed by atoms with E-state index in [-0.39, 0.29) is 24.5 Å². The van der Waals surface area contributed by atoms with Gasteiger partial charge in [-0.25, -0.2) is 23.4 Å². The van der Waals surface area contributed by atoms with E-state index in [0.717, 1.165) is 11.8 Å². The van der Waals surface area contributed by atoms with Crippen molar-refractivity contribution in [1.82, 2.24) is 19.7 Å². The van der Waals surface area contributed by atoms with Crippen LogP contribution in [0.2, 0.25) is 0 Å². The number of nitrogens with one attached hydrogen (secondary N) is 1. The molecule has 1 N–H and O–H groups in total. The number of fused-ring (bicyclic) bond motifs is 1. The third-order valence-corrected chi connectivity index (χ3v) is 4.74. The minimum Gasteiger partial charge on any atom is -0.466 e. The number of rotatable bonds is 4. The van der Waals surface area contributed by atoms with Gasteiger partial charge >= 0.3 is 0 Å². The number of anilines is 1. The standard InChI is InChI=1S/C22H15F2N5O2/c23-15-7-6-13(17(24)10-15)9-19-27-21(29(28-19)16-4-2-1-3-5-16)14-8-18-22(25-11-14)31-12-20(30)26-18/h1-8,10-11H,9,12H2,(H,26,30). The number of carbonyl (C=O) groups excluding carboxylic acids is 1. The molecule has 5 rings (SSSR count). The normalized spacial score (nSPS) is 12.8. The van der Waals surface area contributed by atoms with Gasteiger partial charge in [0.15, 0.2) is 18.3 Å². The Bertz CT molecular complexity index is 1290. The van der Waals surface area contributed by atoms with Crippen molar-refractivity contribution in [3.8, 4) is 23.0 Å². The van der Waals surface area contributed by atoms with Crippen molar-refractivity contribution in [2.45, 2.75) is 6.42 Å². The molecule has 0 spiro atoms. The minimum absolute atomic E-state index is 0.0805. The summed E-state index contributed by atoms with van der Waals surface area (Å²) >= 11 is 0. The summed E-state index contributed by atoms with van der Waals surface area (Å²) in [5.41, 5.74) is 2.05. The first-order valence-corrected chi connectivity index (χ1v) is 9.45. The van der Waals surface area contributed by atoms with Crippen molar-refractivity contribution in [2.24, 2.45) is 0 Å². The highest BCUT2D eigenvalue weighted by molar-refractivity contribution is 5.95. The Kier molecular flexibility index (Phi) is 4.62. The Morgan fingerprint density at radius 2 is 1.94 bits per heavy atom. The van der Waals surface area contributed by atoms with Gasteiger partial charge in [0.25, 0.3) is 5.91 Å². The van der Waals surface area contributed by atoms with Crippen LogP contribution in [0.25, 0.3) is 17.1 Å². The number of aromatic nitrogens is 4. The van der Waals surface area contributed by atoms with Gasteiger partial charge in [-0.15, -0.1) is 0 Å². The highest BCUT2D eigenvalue weighted by Crippen LogP contribution is 2.30. The van der Waals surface area contributed by atoms with E-state index in [0.29, 0.717) is 28.8 Å².